The number of oxime groups is 1. The van der Waals surface area contributed by atoms with Crippen molar-refractivity contribution in [2.45, 2.75) is 51.1 Å². The summed E-state index contributed by atoms with van der Waals surface area (Å²) in [6.07, 6.45) is 3.81. The molecule has 1 fully saturated rings. The number of amides is 2. The maximum Gasteiger partial charge on any atom is 0.352 e. The Morgan fingerprint density at radius 3 is 2.62 bits per heavy atom. The quantitative estimate of drug-likeness (QED) is 0.189. The van der Waals surface area contributed by atoms with E-state index < -0.39 is 29.2 Å². The average Bonchev–Trinajstić information content (AvgIpc) is 3.27. The van der Waals surface area contributed by atoms with E-state index in [0.717, 1.165) is 17.1 Å². The van der Waals surface area contributed by atoms with E-state index in [9.17, 15) is 19.5 Å². The van der Waals surface area contributed by atoms with E-state index in [0.29, 0.717) is 17.9 Å². The molecule has 2 atom stereocenters. The molecular weight excluding hydrogens is 518 g/mol. The van der Waals surface area contributed by atoms with Gasteiger partial charge in [0.15, 0.2) is 24.1 Å². The molecule has 0 bridgehead atoms. The number of carboxylic acid groups (broad SMARTS) is 1. The van der Waals surface area contributed by atoms with Crippen LogP contribution in [0.2, 0.25) is 0 Å². The SMILES string of the molecule is CCO/N=C(\C(=O)NC1C(=O)N2C(C(=O)O)=C(C[n+]3ccc(C(C)(C)C)cc3)CS[C@H]12)c1nsc(N)n1. The number of carbonyl (C=O) groups is 3. The molecule has 4 rings (SSSR count). The summed E-state index contributed by atoms with van der Waals surface area (Å²) in [6, 6.07) is 3.08. The van der Waals surface area contributed by atoms with Crippen LogP contribution in [0.5, 0.6) is 0 Å². The third kappa shape index (κ3) is 5.44. The summed E-state index contributed by atoms with van der Waals surface area (Å²) in [7, 11) is 0. The fourth-order valence-corrected chi connectivity index (χ4v) is 5.71. The van der Waals surface area contributed by atoms with E-state index in [2.05, 4.69) is 40.6 Å². The number of nitrogens with one attached hydrogen (secondary N) is 1. The predicted octanol–water partition coefficient (Wildman–Crippen LogP) is 0.885. The van der Waals surface area contributed by atoms with Crippen LogP contribution in [0.4, 0.5) is 5.13 Å². The molecule has 37 heavy (non-hydrogen) atoms. The van der Waals surface area contributed by atoms with Gasteiger partial charge in [-0.1, -0.05) is 25.9 Å². The molecule has 12 nitrogen and oxygen atoms in total. The van der Waals surface area contributed by atoms with Crippen LogP contribution in [-0.2, 0) is 31.2 Å². The Balaban J connectivity index is 1.52. The van der Waals surface area contributed by atoms with Gasteiger partial charge in [-0.05, 0) is 17.9 Å². The van der Waals surface area contributed by atoms with Crippen LogP contribution in [0, 0.1) is 0 Å². The van der Waals surface area contributed by atoms with Crippen LogP contribution in [0.15, 0.2) is 41.0 Å². The molecule has 4 heterocycles. The summed E-state index contributed by atoms with van der Waals surface area (Å²) >= 11 is 2.28. The van der Waals surface area contributed by atoms with E-state index in [-0.39, 0.29) is 34.4 Å². The van der Waals surface area contributed by atoms with Crippen molar-refractivity contribution in [3.8, 4) is 0 Å². The number of thioether (sulfide) groups is 1. The maximum atomic E-state index is 13.0. The molecule has 0 aliphatic carbocycles. The summed E-state index contributed by atoms with van der Waals surface area (Å²) in [6.45, 7) is 8.59. The van der Waals surface area contributed by atoms with Crippen molar-refractivity contribution in [1.29, 1.82) is 0 Å². The van der Waals surface area contributed by atoms with Crippen molar-refractivity contribution < 1.29 is 28.9 Å². The van der Waals surface area contributed by atoms with Gasteiger partial charge < -0.3 is 21.0 Å². The minimum Gasteiger partial charge on any atom is -0.477 e. The number of aliphatic carboxylic acids is 1. The number of β-lactam (4-membered cyclic amide) rings is 1. The first-order chi connectivity index (χ1) is 17.5. The van der Waals surface area contributed by atoms with Gasteiger partial charge in [0.25, 0.3) is 11.8 Å². The van der Waals surface area contributed by atoms with Crippen molar-refractivity contribution >= 4 is 51.9 Å². The third-order valence-electron chi connectivity index (χ3n) is 5.82. The Morgan fingerprint density at radius 1 is 1.35 bits per heavy atom. The van der Waals surface area contributed by atoms with E-state index in [4.69, 9.17) is 10.6 Å². The molecule has 2 amide bonds. The van der Waals surface area contributed by atoms with E-state index >= 15 is 0 Å². The topological polar surface area (TPSA) is 164 Å². The van der Waals surface area contributed by atoms with Gasteiger partial charge in [0.05, 0.1) is 0 Å². The summed E-state index contributed by atoms with van der Waals surface area (Å²) < 4.78 is 5.88. The van der Waals surface area contributed by atoms with Gasteiger partial charge in [-0.25, -0.2) is 9.36 Å². The van der Waals surface area contributed by atoms with Gasteiger partial charge in [0.2, 0.25) is 11.5 Å². The van der Waals surface area contributed by atoms with Crippen molar-refractivity contribution in [2.75, 3.05) is 18.1 Å². The second-order valence-corrected chi connectivity index (χ2v) is 11.3. The van der Waals surface area contributed by atoms with Crippen molar-refractivity contribution in [1.82, 2.24) is 19.6 Å². The number of carbonyl (C=O) groups excluding carboxylic acids is 2. The summed E-state index contributed by atoms with van der Waals surface area (Å²) in [5.41, 5.74) is 7.12. The Labute approximate surface area is 221 Å². The van der Waals surface area contributed by atoms with Crippen molar-refractivity contribution in [3.63, 3.8) is 0 Å². The van der Waals surface area contributed by atoms with Crippen LogP contribution < -0.4 is 15.6 Å². The second kappa shape index (κ2) is 10.5. The fourth-order valence-electron chi connectivity index (χ4n) is 3.94. The number of nitrogen functional groups attached to an aromatic ring is 1. The summed E-state index contributed by atoms with van der Waals surface area (Å²) in [4.78, 5) is 48.4. The van der Waals surface area contributed by atoms with E-state index in [1.54, 1.807) is 6.92 Å². The lowest BCUT2D eigenvalue weighted by molar-refractivity contribution is -0.689. The highest BCUT2D eigenvalue weighted by Crippen LogP contribution is 2.40. The van der Waals surface area contributed by atoms with Gasteiger partial charge in [-0.2, -0.15) is 9.36 Å². The molecule has 4 N–H and O–H groups in total. The smallest absolute Gasteiger partial charge is 0.352 e. The number of nitrogens with two attached hydrogens (primary N) is 1. The molecule has 0 aromatic carbocycles. The number of hydrogen-bond acceptors (Lipinski definition) is 10. The lowest BCUT2D eigenvalue weighted by Crippen LogP contribution is -2.71. The van der Waals surface area contributed by atoms with Gasteiger partial charge >= 0.3 is 5.97 Å². The maximum absolute atomic E-state index is 13.0. The fraction of sp³-hybridized carbons (Fsp3) is 0.435. The molecule has 0 spiro atoms. The molecule has 2 aliphatic rings. The van der Waals surface area contributed by atoms with Crippen LogP contribution in [0.3, 0.4) is 0 Å². The minimum atomic E-state index is -1.19. The predicted molar refractivity (Wildman–Crippen MR) is 138 cm³/mol. The largest absolute Gasteiger partial charge is 0.477 e. The number of rotatable bonds is 8. The molecular formula is C23H28N7O5S2+. The zero-order chi connectivity index (χ0) is 26.9. The molecule has 2 aromatic rings. The van der Waals surface area contributed by atoms with Gasteiger partial charge in [0.1, 0.15) is 23.7 Å². The number of carboxylic acids is 1. The molecule has 0 saturated carbocycles. The third-order valence-corrected chi connectivity index (χ3v) is 7.70. The van der Waals surface area contributed by atoms with Crippen LogP contribution in [-0.4, -0.2) is 66.6 Å². The van der Waals surface area contributed by atoms with E-state index in [1.165, 1.54) is 16.7 Å². The normalized spacial score (nSPS) is 19.8. The lowest BCUT2D eigenvalue weighted by atomic mass is 9.88. The monoisotopic (exact) mass is 546 g/mol. The highest BCUT2D eigenvalue weighted by molar-refractivity contribution is 8.00. The van der Waals surface area contributed by atoms with Gasteiger partial charge in [-0.3, -0.25) is 14.5 Å². The Hall–Kier alpha value is -3.52. The minimum absolute atomic E-state index is 0.00259. The molecule has 1 saturated heterocycles. The first-order valence-electron chi connectivity index (χ1n) is 11.5. The molecule has 14 heteroatoms. The Bertz CT molecular complexity index is 1280. The average molecular weight is 547 g/mol. The standard InChI is InChI=1S/C23H27N7O5S2/c1-5-35-27-14(17-26-22(24)37-28-17)18(31)25-15-19(32)30-16(21(33)34)12(11-36-20(15)30)10-29-8-6-13(7-9-29)23(2,3)4/h6-9,15,20H,5,10-11H2,1-4H3,(H3-,24,25,26,28,31,33,34)/p+1/b27-14-/t15?,20-/m1/s1. The number of fused-ring (bicyclic) bond motifs is 1. The van der Waals surface area contributed by atoms with E-state index in [1.807, 2.05) is 29.1 Å². The highest BCUT2D eigenvalue weighted by Gasteiger charge is 2.54. The number of aromatic nitrogens is 3. The first-order valence-corrected chi connectivity index (χ1v) is 13.3. The summed E-state index contributed by atoms with van der Waals surface area (Å²) in [5, 5.41) is 16.0. The number of nitrogens with zero attached hydrogens (tertiary/aromatic N) is 5. The van der Waals surface area contributed by atoms with Gasteiger partial charge in [0, 0.05) is 35.0 Å². The van der Waals surface area contributed by atoms with Crippen LogP contribution in [0.1, 0.15) is 39.1 Å². The molecule has 0 radical (unpaired) electrons. The zero-order valence-corrected chi connectivity index (χ0v) is 22.4. The second-order valence-electron chi connectivity index (χ2n) is 9.44. The number of hydrogen-bond donors (Lipinski definition) is 3. The lowest BCUT2D eigenvalue weighted by Gasteiger charge is -2.49. The number of anilines is 1. The van der Waals surface area contributed by atoms with Crippen molar-refractivity contribution in [2.24, 2.45) is 5.16 Å². The number of pyridine rings is 1. The van der Waals surface area contributed by atoms with Crippen LogP contribution in [0.25, 0.3) is 0 Å². The highest BCUT2D eigenvalue weighted by atomic mass is 32.2. The molecule has 1 unspecified atom stereocenters. The Morgan fingerprint density at radius 2 is 2.05 bits per heavy atom. The molecule has 2 aromatic heterocycles. The Kier molecular flexibility index (Phi) is 7.50. The zero-order valence-electron chi connectivity index (χ0n) is 20.8. The summed E-state index contributed by atoms with van der Waals surface area (Å²) in [5.74, 6) is -2.05. The van der Waals surface area contributed by atoms with Gasteiger partial charge in [-0.15, -0.1) is 11.8 Å². The van der Waals surface area contributed by atoms with Crippen LogP contribution >= 0.6 is 23.3 Å². The molecule has 2 aliphatic heterocycles. The van der Waals surface area contributed by atoms with Crippen molar-refractivity contribution in [3.05, 3.63) is 47.2 Å². The first kappa shape index (κ1) is 26.5. The molecule has 196 valence electrons.